The molecule has 1 fully saturated rings. The summed E-state index contributed by atoms with van der Waals surface area (Å²) in [6.07, 6.45) is 2.02. The van der Waals surface area contributed by atoms with Crippen molar-refractivity contribution < 1.29 is 24.2 Å². The summed E-state index contributed by atoms with van der Waals surface area (Å²) in [4.78, 5) is 38.9. The van der Waals surface area contributed by atoms with Crippen molar-refractivity contribution in [3.63, 3.8) is 0 Å². The smallest absolute Gasteiger partial charge is 0.407 e. The maximum absolute atomic E-state index is 12.9. The van der Waals surface area contributed by atoms with Crippen LogP contribution >= 0.6 is 0 Å². The van der Waals surface area contributed by atoms with Gasteiger partial charge in [-0.3, -0.25) is 4.79 Å². The Morgan fingerprint density at radius 3 is 2.34 bits per heavy atom. The molecule has 0 saturated carbocycles. The zero-order valence-corrected chi connectivity index (χ0v) is 20.5. The Bertz CT molecular complexity index is 1050. The number of rotatable bonds is 9. The Kier molecular flexibility index (Phi) is 7.43. The maximum Gasteiger partial charge on any atom is 0.407 e. The van der Waals surface area contributed by atoms with Crippen LogP contribution in [0.2, 0.25) is 0 Å². The lowest BCUT2D eigenvalue weighted by molar-refractivity contribution is -0.157. The first kappa shape index (κ1) is 24.8. The van der Waals surface area contributed by atoms with Gasteiger partial charge in [-0.05, 0) is 47.4 Å². The second-order valence-electron chi connectivity index (χ2n) is 9.75. The molecule has 7 nitrogen and oxygen atoms in total. The number of carbonyl (C=O) groups excluding carboxylic acids is 2. The summed E-state index contributed by atoms with van der Waals surface area (Å²) in [5.74, 6) is -1.24. The van der Waals surface area contributed by atoms with Gasteiger partial charge in [0.15, 0.2) is 0 Å². The number of ether oxygens (including phenoxy) is 1. The molecule has 0 bridgehead atoms. The van der Waals surface area contributed by atoms with Crippen LogP contribution in [0.15, 0.2) is 48.5 Å². The number of carboxylic acid groups (broad SMARTS) is 1. The van der Waals surface area contributed by atoms with Crippen molar-refractivity contribution in [3.8, 4) is 11.1 Å². The van der Waals surface area contributed by atoms with Gasteiger partial charge in [-0.1, -0.05) is 68.8 Å². The van der Waals surface area contributed by atoms with E-state index in [1.165, 1.54) is 11.1 Å². The van der Waals surface area contributed by atoms with Gasteiger partial charge in [0.05, 0.1) is 0 Å². The van der Waals surface area contributed by atoms with Crippen LogP contribution in [-0.4, -0.2) is 53.2 Å². The minimum atomic E-state index is -1.09. The molecule has 0 radical (unpaired) electrons. The molecule has 2 aromatic carbocycles. The molecule has 1 aliphatic heterocycles. The number of carboxylic acids is 1. The third-order valence-corrected chi connectivity index (χ3v) is 7.31. The summed E-state index contributed by atoms with van der Waals surface area (Å²) >= 11 is 0. The summed E-state index contributed by atoms with van der Waals surface area (Å²) in [5.41, 5.74) is 3.56. The fraction of sp³-hybridized carbons (Fsp3) is 0.464. The van der Waals surface area contributed by atoms with E-state index in [2.05, 4.69) is 29.6 Å². The highest BCUT2D eigenvalue weighted by Crippen LogP contribution is 2.44. The van der Waals surface area contributed by atoms with Crippen molar-refractivity contribution in [3.05, 3.63) is 59.7 Å². The quantitative estimate of drug-likeness (QED) is 0.540. The van der Waals surface area contributed by atoms with Gasteiger partial charge < -0.3 is 20.1 Å². The van der Waals surface area contributed by atoms with Gasteiger partial charge in [-0.25, -0.2) is 9.59 Å². The number of benzene rings is 2. The van der Waals surface area contributed by atoms with Crippen LogP contribution in [0, 0.1) is 5.92 Å². The Morgan fingerprint density at radius 2 is 1.74 bits per heavy atom. The fourth-order valence-electron chi connectivity index (χ4n) is 5.63. The minimum absolute atomic E-state index is 0.00924. The number of fused-ring (bicyclic) bond motifs is 3. The molecular formula is C28H34N2O5. The molecule has 0 aromatic heterocycles. The molecule has 4 rings (SSSR count). The lowest BCUT2D eigenvalue weighted by Gasteiger charge is -2.35. The zero-order chi connectivity index (χ0) is 25.0. The van der Waals surface area contributed by atoms with Crippen molar-refractivity contribution in [1.82, 2.24) is 10.2 Å². The van der Waals surface area contributed by atoms with Gasteiger partial charge in [0.25, 0.3) is 0 Å². The number of carbonyl (C=O) groups is 3. The standard InChI is InChI=1S/C28H34N2O5/c1-3-13-28(26(32)33)14-8-15-30(28)25(31)16-19(2)17-29-27(34)35-18-24-22-11-6-4-9-20(22)21-10-5-7-12-23(21)24/h4-7,9-12,19,24H,3,8,13-18H2,1-2H3,(H,29,34)(H,32,33). The lowest BCUT2D eigenvalue weighted by atomic mass is 9.90. The first-order valence-electron chi connectivity index (χ1n) is 12.5. The first-order valence-corrected chi connectivity index (χ1v) is 12.5. The van der Waals surface area contributed by atoms with E-state index in [1.807, 2.05) is 38.1 Å². The van der Waals surface area contributed by atoms with E-state index in [9.17, 15) is 19.5 Å². The SMILES string of the molecule is CCCC1(C(=O)O)CCCN1C(=O)CC(C)CNC(=O)OCC1c2ccccc2-c2ccccc21. The van der Waals surface area contributed by atoms with E-state index in [0.29, 0.717) is 32.2 Å². The number of nitrogens with zero attached hydrogens (tertiary/aromatic N) is 1. The van der Waals surface area contributed by atoms with Crippen LogP contribution in [0.4, 0.5) is 4.79 Å². The van der Waals surface area contributed by atoms with Crippen molar-refractivity contribution in [2.45, 2.75) is 57.4 Å². The molecule has 186 valence electrons. The Balaban J connectivity index is 1.29. The highest BCUT2D eigenvalue weighted by Gasteiger charge is 2.49. The van der Waals surface area contributed by atoms with E-state index in [-0.39, 0.29) is 37.3 Å². The van der Waals surface area contributed by atoms with Crippen molar-refractivity contribution in [2.24, 2.45) is 5.92 Å². The Labute approximate surface area is 206 Å². The molecule has 1 aliphatic carbocycles. The number of hydrogen-bond acceptors (Lipinski definition) is 4. The van der Waals surface area contributed by atoms with Crippen LogP contribution in [0.25, 0.3) is 11.1 Å². The molecule has 2 amide bonds. The van der Waals surface area contributed by atoms with Gasteiger partial charge in [0, 0.05) is 25.4 Å². The molecule has 35 heavy (non-hydrogen) atoms. The van der Waals surface area contributed by atoms with Crippen LogP contribution in [0.5, 0.6) is 0 Å². The molecule has 7 heteroatoms. The van der Waals surface area contributed by atoms with Crippen LogP contribution in [-0.2, 0) is 14.3 Å². The molecule has 2 unspecified atom stereocenters. The largest absolute Gasteiger partial charge is 0.479 e. The zero-order valence-electron chi connectivity index (χ0n) is 20.5. The molecule has 2 aliphatic rings. The number of amides is 2. The highest BCUT2D eigenvalue weighted by atomic mass is 16.5. The average Bonchev–Trinajstić information content (AvgIpc) is 3.42. The van der Waals surface area contributed by atoms with Crippen molar-refractivity contribution in [2.75, 3.05) is 19.7 Å². The predicted molar refractivity (Wildman–Crippen MR) is 133 cm³/mol. The number of likely N-dealkylation sites (tertiary alicyclic amines) is 1. The molecular weight excluding hydrogens is 444 g/mol. The van der Waals surface area contributed by atoms with E-state index in [0.717, 1.165) is 11.1 Å². The first-order chi connectivity index (χ1) is 16.9. The molecule has 2 N–H and O–H groups in total. The normalized spacial score (nSPS) is 19.7. The second kappa shape index (κ2) is 10.5. The van der Waals surface area contributed by atoms with Crippen molar-refractivity contribution >= 4 is 18.0 Å². The van der Waals surface area contributed by atoms with E-state index in [4.69, 9.17) is 4.74 Å². The highest BCUT2D eigenvalue weighted by molar-refractivity contribution is 5.88. The van der Waals surface area contributed by atoms with E-state index in [1.54, 1.807) is 4.90 Å². The van der Waals surface area contributed by atoms with Gasteiger partial charge in [-0.2, -0.15) is 0 Å². The molecule has 1 heterocycles. The molecule has 2 atom stereocenters. The van der Waals surface area contributed by atoms with Gasteiger partial charge in [-0.15, -0.1) is 0 Å². The fourth-order valence-corrected chi connectivity index (χ4v) is 5.63. The Hall–Kier alpha value is -3.35. The summed E-state index contributed by atoms with van der Waals surface area (Å²) in [6, 6.07) is 16.3. The Morgan fingerprint density at radius 1 is 1.11 bits per heavy atom. The number of hydrogen-bond donors (Lipinski definition) is 2. The number of nitrogens with one attached hydrogen (secondary N) is 1. The topological polar surface area (TPSA) is 95.9 Å². The predicted octanol–water partition coefficient (Wildman–Crippen LogP) is 4.80. The van der Waals surface area contributed by atoms with Crippen molar-refractivity contribution in [1.29, 1.82) is 0 Å². The summed E-state index contributed by atoms with van der Waals surface area (Å²) in [7, 11) is 0. The van der Waals surface area contributed by atoms with E-state index < -0.39 is 17.6 Å². The second-order valence-corrected chi connectivity index (χ2v) is 9.75. The van der Waals surface area contributed by atoms with Gasteiger partial charge >= 0.3 is 12.1 Å². The molecule has 1 saturated heterocycles. The molecule has 2 aromatic rings. The van der Waals surface area contributed by atoms with Crippen LogP contribution in [0.3, 0.4) is 0 Å². The average molecular weight is 479 g/mol. The van der Waals surface area contributed by atoms with Crippen LogP contribution in [0.1, 0.15) is 63.0 Å². The summed E-state index contributed by atoms with van der Waals surface area (Å²) < 4.78 is 5.57. The third kappa shape index (κ3) is 4.90. The van der Waals surface area contributed by atoms with E-state index >= 15 is 0 Å². The van der Waals surface area contributed by atoms with Gasteiger partial charge in [0.1, 0.15) is 12.1 Å². The van der Waals surface area contributed by atoms with Gasteiger partial charge in [0.2, 0.25) is 5.91 Å². The number of aliphatic carboxylic acids is 1. The number of alkyl carbamates (subject to hydrolysis) is 1. The van der Waals surface area contributed by atoms with Crippen LogP contribution < -0.4 is 5.32 Å². The third-order valence-electron chi connectivity index (χ3n) is 7.31. The lowest BCUT2D eigenvalue weighted by Crippen LogP contribution is -2.53. The minimum Gasteiger partial charge on any atom is -0.479 e. The maximum atomic E-state index is 12.9. The summed E-state index contributed by atoms with van der Waals surface area (Å²) in [5, 5.41) is 12.6. The molecule has 0 spiro atoms. The monoisotopic (exact) mass is 478 g/mol. The summed E-state index contributed by atoms with van der Waals surface area (Å²) in [6.45, 7) is 4.80.